The maximum atomic E-state index is 12.5. The number of hydrogen-bond acceptors (Lipinski definition) is 5. The third-order valence-electron chi connectivity index (χ3n) is 4.74. The van der Waals surface area contributed by atoms with E-state index >= 15 is 0 Å². The molecule has 0 saturated heterocycles. The summed E-state index contributed by atoms with van der Waals surface area (Å²) < 4.78 is 10.4. The summed E-state index contributed by atoms with van der Waals surface area (Å²) in [7, 11) is 3.08. The van der Waals surface area contributed by atoms with Gasteiger partial charge in [-0.2, -0.15) is 0 Å². The number of carbonyl (C=O) groups excluding carboxylic acids is 2. The van der Waals surface area contributed by atoms with Crippen LogP contribution in [0.5, 0.6) is 11.5 Å². The molecule has 0 spiro atoms. The standard InChI is InChI=1S/C22H36N4O4/c1-7-15(4)13-24-21(28)17(10-14(2)3)25-22(23)26-20(27)12-16-8-9-18(29-5)19(11-16)30-6/h8-9,11,14-15,17H,7,10,12-13H2,1-6H3,(H,24,28)(H3,23,25,26,27)/t15?,17-/m1/s1. The van der Waals surface area contributed by atoms with Crippen LogP contribution in [0, 0.1) is 17.2 Å². The van der Waals surface area contributed by atoms with Crippen molar-refractivity contribution in [3.05, 3.63) is 23.8 Å². The van der Waals surface area contributed by atoms with Gasteiger partial charge in [0.2, 0.25) is 11.8 Å². The molecular formula is C22H36N4O4. The average Bonchev–Trinajstić information content (AvgIpc) is 2.70. The van der Waals surface area contributed by atoms with E-state index in [-0.39, 0.29) is 30.1 Å². The predicted octanol–water partition coefficient (Wildman–Crippen LogP) is 2.46. The van der Waals surface area contributed by atoms with E-state index in [1.165, 1.54) is 7.11 Å². The van der Waals surface area contributed by atoms with Crippen molar-refractivity contribution in [3.8, 4) is 11.5 Å². The summed E-state index contributed by atoms with van der Waals surface area (Å²) in [5.41, 5.74) is 0.725. The van der Waals surface area contributed by atoms with Gasteiger partial charge in [0.15, 0.2) is 17.5 Å². The van der Waals surface area contributed by atoms with Gasteiger partial charge in [0, 0.05) is 6.54 Å². The van der Waals surface area contributed by atoms with Gasteiger partial charge in [-0.25, -0.2) is 0 Å². The number of rotatable bonds is 11. The van der Waals surface area contributed by atoms with Gasteiger partial charge in [-0.15, -0.1) is 0 Å². The van der Waals surface area contributed by atoms with E-state index < -0.39 is 6.04 Å². The maximum absolute atomic E-state index is 12.5. The Labute approximate surface area is 179 Å². The highest BCUT2D eigenvalue weighted by atomic mass is 16.5. The SMILES string of the molecule is CCC(C)CNC(=O)[C@@H](CC(C)C)NC(=N)NC(=O)Cc1ccc(OC)c(OC)c1. The lowest BCUT2D eigenvalue weighted by atomic mass is 10.0. The Bertz CT molecular complexity index is 721. The number of methoxy groups -OCH3 is 2. The van der Waals surface area contributed by atoms with Gasteiger partial charge in [0.25, 0.3) is 0 Å². The first-order chi connectivity index (χ1) is 14.2. The second-order valence-electron chi connectivity index (χ2n) is 7.87. The minimum atomic E-state index is -0.581. The van der Waals surface area contributed by atoms with Crippen LogP contribution in [0.25, 0.3) is 0 Å². The van der Waals surface area contributed by atoms with Crippen LogP contribution in [0.1, 0.15) is 46.1 Å². The molecule has 0 bridgehead atoms. The molecule has 1 unspecified atom stereocenters. The van der Waals surface area contributed by atoms with Crippen molar-refractivity contribution in [2.45, 2.75) is 53.0 Å². The van der Waals surface area contributed by atoms with Crippen molar-refractivity contribution in [3.63, 3.8) is 0 Å². The molecule has 0 saturated carbocycles. The Morgan fingerprint density at radius 2 is 1.77 bits per heavy atom. The molecule has 0 fully saturated rings. The Kier molecular flexibility index (Phi) is 10.7. The minimum absolute atomic E-state index is 0.0689. The van der Waals surface area contributed by atoms with Crippen LogP contribution < -0.4 is 25.4 Å². The Morgan fingerprint density at radius 3 is 2.33 bits per heavy atom. The molecule has 0 aromatic heterocycles. The zero-order chi connectivity index (χ0) is 22.7. The molecule has 8 nitrogen and oxygen atoms in total. The third kappa shape index (κ3) is 8.71. The molecule has 0 aliphatic carbocycles. The van der Waals surface area contributed by atoms with Crippen molar-refractivity contribution in [2.75, 3.05) is 20.8 Å². The van der Waals surface area contributed by atoms with Crippen LogP contribution in [0.4, 0.5) is 0 Å². The Morgan fingerprint density at radius 1 is 1.10 bits per heavy atom. The monoisotopic (exact) mass is 420 g/mol. The zero-order valence-corrected chi connectivity index (χ0v) is 18.9. The lowest BCUT2D eigenvalue weighted by molar-refractivity contribution is -0.123. The van der Waals surface area contributed by atoms with E-state index in [2.05, 4.69) is 29.8 Å². The number of hydrogen-bond donors (Lipinski definition) is 4. The average molecular weight is 421 g/mol. The van der Waals surface area contributed by atoms with Crippen LogP contribution in [-0.2, 0) is 16.0 Å². The molecule has 1 rings (SSSR count). The number of nitrogens with one attached hydrogen (secondary N) is 4. The quantitative estimate of drug-likeness (QED) is 0.324. The predicted molar refractivity (Wildman–Crippen MR) is 118 cm³/mol. The van der Waals surface area contributed by atoms with Gasteiger partial charge >= 0.3 is 0 Å². The van der Waals surface area contributed by atoms with Gasteiger partial charge in [-0.05, 0) is 36.0 Å². The van der Waals surface area contributed by atoms with Crippen molar-refractivity contribution < 1.29 is 19.1 Å². The van der Waals surface area contributed by atoms with E-state index in [0.29, 0.717) is 30.4 Å². The lowest BCUT2D eigenvalue weighted by Crippen LogP contribution is -2.52. The number of benzene rings is 1. The number of guanidine groups is 1. The summed E-state index contributed by atoms with van der Waals surface area (Å²) in [6.45, 7) is 8.75. The molecule has 0 radical (unpaired) electrons. The Balaban J connectivity index is 2.67. The highest BCUT2D eigenvalue weighted by Gasteiger charge is 2.21. The largest absolute Gasteiger partial charge is 0.493 e. The molecule has 1 aromatic carbocycles. The topological polar surface area (TPSA) is 113 Å². The van der Waals surface area contributed by atoms with Gasteiger partial charge < -0.3 is 20.1 Å². The first-order valence-electron chi connectivity index (χ1n) is 10.3. The van der Waals surface area contributed by atoms with Crippen molar-refractivity contribution in [1.82, 2.24) is 16.0 Å². The fourth-order valence-electron chi connectivity index (χ4n) is 2.82. The summed E-state index contributed by atoms with van der Waals surface area (Å²) in [6.07, 6.45) is 1.60. The smallest absolute Gasteiger partial charge is 0.242 e. The fraction of sp³-hybridized carbons (Fsp3) is 0.591. The molecule has 2 atom stereocenters. The van der Waals surface area contributed by atoms with Crippen LogP contribution in [0.15, 0.2) is 18.2 Å². The second-order valence-corrected chi connectivity index (χ2v) is 7.87. The highest BCUT2D eigenvalue weighted by Crippen LogP contribution is 2.27. The molecule has 30 heavy (non-hydrogen) atoms. The second kappa shape index (κ2) is 12.7. The number of carbonyl (C=O) groups is 2. The van der Waals surface area contributed by atoms with Crippen molar-refractivity contribution in [2.24, 2.45) is 11.8 Å². The van der Waals surface area contributed by atoms with Crippen LogP contribution in [0.2, 0.25) is 0 Å². The summed E-state index contributed by atoms with van der Waals surface area (Å²) in [5.74, 6) is 1.04. The molecule has 1 aromatic rings. The van der Waals surface area contributed by atoms with E-state index in [1.54, 1.807) is 25.3 Å². The van der Waals surface area contributed by atoms with E-state index in [4.69, 9.17) is 14.9 Å². The van der Waals surface area contributed by atoms with E-state index in [1.807, 2.05) is 13.8 Å². The van der Waals surface area contributed by atoms with Crippen LogP contribution in [-0.4, -0.2) is 44.6 Å². The molecule has 0 heterocycles. The van der Waals surface area contributed by atoms with Crippen molar-refractivity contribution >= 4 is 17.8 Å². The van der Waals surface area contributed by atoms with Gasteiger partial charge in [0.1, 0.15) is 6.04 Å². The first-order valence-corrected chi connectivity index (χ1v) is 10.3. The molecule has 0 aliphatic rings. The highest BCUT2D eigenvalue weighted by molar-refractivity contribution is 5.98. The van der Waals surface area contributed by atoms with Crippen LogP contribution >= 0.6 is 0 Å². The molecule has 0 aliphatic heterocycles. The summed E-state index contributed by atoms with van der Waals surface area (Å²) >= 11 is 0. The molecule has 168 valence electrons. The Hall–Kier alpha value is -2.77. The van der Waals surface area contributed by atoms with Crippen molar-refractivity contribution in [1.29, 1.82) is 5.41 Å². The van der Waals surface area contributed by atoms with Gasteiger partial charge in [-0.3, -0.25) is 20.3 Å². The van der Waals surface area contributed by atoms with E-state index in [9.17, 15) is 9.59 Å². The maximum Gasteiger partial charge on any atom is 0.242 e. The number of ether oxygens (including phenoxy) is 2. The molecule has 8 heteroatoms. The fourth-order valence-corrected chi connectivity index (χ4v) is 2.82. The molecule has 2 amide bonds. The minimum Gasteiger partial charge on any atom is -0.493 e. The molecular weight excluding hydrogens is 384 g/mol. The van der Waals surface area contributed by atoms with Gasteiger partial charge in [-0.1, -0.05) is 40.2 Å². The zero-order valence-electron chi connectivity index (χ0n) is 18.9. The van der Waals surface area contributed by atoms with Gasteiger partial charge in [0.05, 0.1) is 20.6 Å². The number of amides is 2. The first kappa shape index (κ1) is 25.3. The summed E-state index contributed by atoms with van der Waals surface area (Å²) in [6, 6.07) is 4.63. The lowest BCUT2D eigenvalue weighted by Gasteiger charge is -2.22. The summed E-state index contributed by atoms with van der Waals surface area (Å²) in [5, 5.41) is 16.4. The third-order valence-corrected chi connectivity index (χ3v) is 4.74. The van der Waals surface area contributed by atoms with Crippen LogP contribution in [0.3, 0.4) is 0 Å². The normalized spacial score (nSPS) is 12.6. The summed E-state index contributed by atoms with van der Waals surface area (Å²) in [4.78, 5) is 24.9. The molecule has 4 N–H and O–H groups in total. The van der Waals surface area contributed by atoms with E-state index in [0.717, 1.165) is 12.0 Å².